The summed E-state index contributed by atoms with van der Waals surface area (Å²) in [7, 11) is 0. The van der Waals surface area contributed by atoms with Crippen molar-refractivity contribution in [1.82, 2.24) is 20.4 Å². The molecule has 1 N–H and O–H groups in total. The molecule has 94 valence electrons. The van der Waals surface area contributed by atoms with Crippen LogP contribution in [-0.4, -0.2) is 27.7 Å². The van der Waals surface area contributed by atoms with Crippen LogP contribution in [0.5, 0.6) is 0 Å². The van der Waals surface area contributed by atoms with Crippen molar-refractivity contribution in [1.29, 1.82) is 0 Å². The molecular formula is C12H13FN4O. The van der Waals surface area contributed by atoms with E-state index in [4.69, 9.17) is 4.52 Å². The number of hydrogen-bond donors (Lipinski definition) is 1. The Morgan fingerprint density at radius 1 is 1.44 bits per heavy atom. The molecule has 3 heterocycles. The Morgan fingerprint density at radius 3 is 3.11 bits per heavy atom. The Labute approximate surface area is 103 Å². The van der Waals surface area contributed by atoms with Crippen molar-refractivity contribution in [3.63, 3.8) is 0 Å². The van der Waals surface area contributed by atoms with E-state index in [0.29, 0.717) is 23.5 Å². The SMILES string of the molecule is Fc1ccc(-c2noc(CC3CCCN3)n2)nc1. The first kappa shape index (κ1) is 11.3. The van der Waals surface area contributed by atoms with Crippen LogP contribution >= 0.6 is 0 Å². The average molecular weight is 248 g/mol. The van der Waals surface area contributed by atoms with E-state index in [0.717, 1.165) is 25.6 Å². The molecular weight excluding hydrogens is 235 g/mol. The van der Waals surface area contributed by atoms with Gasteiger partial charge in [0.15, 0.2) is 0 Å². The predicted molar refractivity (Wildman–Crippen MR) is 62.2 cm³/mol. The van der Waals surface area contributed by atoms with Crippen molar-refractivity contribution in [3.05, 3.63) is 30.0 Å². The predicted octanol–water partition coefficient (Wildman–Crippen LogP) is 1.57. The number of nitrogens with zero attached hydrogens (tertiary/aromatic N) is 3. The first-order chi connectivity index (χ1) is 8.81. The lowest BCUT2D eigenvalue weighted by Gasteiger charge is -2.04. The smallest absolute Gasteiger partial charge is 0.228 e. The van der Waals surface area contributed by atoms with E-state index >= 15 is 0 Å². The second-order valence-corrected chi connectivity index (χ2v) is 4.37. The molecule has 2 aromatic heterocycles. The molecule has 5 nitrogen and oxygen atoms in total. The largest absolute Gasteiger partial charge is 0.339 e. The quantitative estimate of drug-likeness (QED) is 0.893. The molecule has 0 amide bonds. The van der Waals surface area contributed by atoms with E-state index in [-0.39, 0.29) is 5.82 Å². The lowest BCUT2D eigenvalue weighted by Crippen LogP contribution is -2.23. The van der Waals surface area contributed by atoms with Gasteiger partial charge in [0.05, 0.1) is 6.20 Å². The maximum atomic E-state index is 12.7. The van der Waals surface area contributed by atoms with Gasteiger partial charge in [-0.3, -0.25) is 0 Å². The molecule has 1 aliphatic heterocycles. The zero-order valence-corrected chi connectivity index (χ0v) is 9.77. The highest BCUT2D eigenvalue weighted by atomic mass is 19.1. The highest BCUT2D eigenvalue weighted by Crippen LogP contribution is 2.15. The Kier molecular flexibility index (Phi) is 3.02. The minimum Gasteiger partial charge on any atom is -0.339 e. The van der Waals surface area contributed by atoms with Gasteiger partial charge in [-0.2, -0.15) is 4.98 Å². The van der Waals surface area contributed by atoms with Gasteiger partial charge in [-0.15, -0.1) is 0 Å². The summed E-state index contributed by atoms with van der Waals surface area (Å²) < 4.78 is 17.9. The van der Waals surface area contributed by atoms with Gasteiger partial charge in [0.2, 0.25) is 11.7 Å². The topological polar surface area (TPSA) is 63.8 Å². The third-order valence-corrected chi connectivity index (χ3v) is 3.01. The summed E-state index contributed by atoms with van der Waals surface area (Å²) in [5, 5.41) is 7.23. The summed E-state index contributed by atoms with van der Waals surface area (Å²) >= 11 is 0. The average Bonchev–Trinajstić information content (AvgIpc) is 3.02. The van der Waals surface area contributed by atoms with Gasteiger partial charge in [-0.25, -0.2) is 9.37 Å². The molecule has 1 aliphatic rings. The second-order valence-electron chi connectivity index (χ2n) is 4.37. The van der Waals surface area contributed by atoms with Crippen molar-refractivity contribution < 1.29 is 8.91 Å². The molecule has 1 fully saturated rings. The molecule has 1 unspecified atom stereocenters. The first-order valence-corrected chi connectivity index (χ1v) is 5.99. The molecule has 0 saturated carbocycles. The van der Waals surface area contributed by atoms with Crippen LogP contribution in [0.1, 0.15) is 18.7 Å². The van der Waals surface area contributed by atoms with Crippen LogP contribution in [0.25, 0.3) is 11.5 Å². The monoisotopic (exact) mass is 248 g/mol. The molecule has 0 bridgehead atoms. The van der Waals surface area contributed by atoms with Crippen LogP contribution in [0.4, 0.5) is 4.39 Å². The van der Waals surface area contributed by atoms with Gasteiger partial charge in [0.25, 0.3) is 0 Å². The zero-order valence-electron chi connectivity index (χ0n) is 9.77. The van der Waals surface area contributed by atoms with Crippen molar-refractivity contribution in [2.45, 2.75) is 25.3 Å². The molecule has 3 rings (SSSR count). The van der Waals surface area contributed by atoms with E-state index in [2.05, 4.69) is 20.4 Å². The summed E-state index contributed by atoms with van der Waals surface area (Å²) in [6.45, 7) is 1.05. The Hall–Kier alpha value is -1.82. The maximum Gasteiger partial charge on any atom is 0.228 e. The van der Waals surface area contributed by atoms with Gasteiger partial charge in [-0.05, 0) is 31.5 Å². The van der Waals surface area contributed by atoms with Crippen LogP contribution in [0.2, 0.25) is 0 Å². The highest BCUT2D eigenvalue weighted by molar-refractivity contribution is 5.47. The summed E-state index contributed by atoms with van der Waals surface area (Å²) in [4.78, 5) is 8.19. The summed E-state index contributed by atoms with van der Waals surface area (Å²) in [5.41, 5.74) is 0.519. The van der Waals surface area contributed by atoms with Crippen molar-refractivity contribution in [2.75, 3.05) is 6.54 Å². The molecule has 0 aliphatic carbocycles. The summed E-state index contributed by atoms with van der Waals surface area (Å²) in [6, 6.07) is 3.29. The van der Waals surface area contributed by atoms with Gasteiger partial charge in [-0.1, -0.05) is 5.16 Å². The molecule has 6 heteroatoms. The van der Waals surface area contributed by atoms with Gasteiger partial charge < -0.3 is 9.84 Å². The maximum absolute atomic E-state index is 12.7. The van der Waals surface area contributed by atoms with E-state index < -0.39 is 0 Å². The Morgan fingerprint density at radius 2 is 2.39 bits per heavy atom. The minimum atomic E-state index is -0.377. The first-order valence-electron chi connectivity index (χ1n) is 5.99. The number of aromatic nitrogens is 3. The summed E-state index contributed by atoms with van der Waals surface area (Å²) in [6.07, 6.45) is 4.19. The fraction of sp³-hybridized carbons (Fsp3) is 0.417. The fourth-order valence-electron chi connectivity index (χ4n) is 2.09. The third kappa shape index (κ3) is 2.38. The number of rotatable bonds is 3. The molecule has 1 saturated heterocycles. The minimum absolute atomic E-state index is 0.377. The molecule has 1 atom stereocenters. The Bertz CT molecular complexity index is 519. The highest BCUT2D eigenvalue weighted by Gasteiger charge is 2.18. The molecule has 0 radical (unpaired) electrons. The van der Waals surface area contributed by atoms with Crippen molar-refractivity contribution in [3.8, 4) is 11.5 Å². The van der Waals surface area contributed by atoms with E-state index in [1.807, 2.05) is 0 Å². The van der Waals surface area contributed by atoms with E-state index in [1.54, 1.807) is 0 Å². The van der Waals surface area contributed by atoms with Gasteiger partial charge in [0.1, 0.15) is 11.5 Å². The number of hydrogen-bond acceptors (Lipinski definition) is 5. The number of pyridine rings is 1. The molecule has 18 heavy (non-hydrogen) atoms. The molecule has 0 spiro atoms. The van der Waals surface area contributed by atoms with Crippen LogP contribution in [0.3, 0.4) is 0 Å². The van der Waals surface area contributed by atoms with E-state index in [9.17, 15) is 4.39 Å². The number of halogens is 1. The number of nitrogens with one attached hydrogen (secondary N) is 1. The third-order valence-electron chi connectivity index (χ3n) is 3.01. The second kappa shape index (κ2) is 4.81. The van der Waals surface area contributed by atoms with Crippen molar-refractivity contribution in [2.24, 2.45) is 0 Å². The molecule has 2 aromatic rings. The van der Waals surface area contributed by atoms with Crippen LogP contribution in [-0.2, 0) is 6.42 Å². The zero-order chi connectivity index (χ0) is 12.4. The van der Waals surface area contributed by atoms with Crippen LogP contribution in [0.15, 0.2) is 22.9 Å². The van der Waals surface area contributed by atoms with Gasteiger partial charge in [0, 0.05) is 12.5 Å². The van der Waals surface area contributed by atoms with E-state index in [1.165, 1.54) is 18.6 Å². The van der Waals surface area contributed by atoms with Crippen LogP contribution < -0.4 is 5.32 Å². The van der Waals surface area contributed by atoms with Gasteiger partial charge >= 0.3 is 0 Å². The normalized spacial score (nSPS) is 19.3. The Balaban J connectivity index is 1.74. The van der Waals surface area contributed by atoms with Crippen molar-refractivity contribution >= 4 is 0 Å². The summed E-state index contributed by atoms with van der Waals surface area (Å²) in [5.74, 6) is 0.621. The lowest BCUT2D eigenvalue weighted by molar-refractivity contribution is 0.364. The van der Waals surface area contributed by atoms with Crippen LogP contribution in [0, 0.1) is 5.82 Å². The lowest BCUT2D eigenvalue weighted by atomic mass is 10.1. The standard InChI is InChI=1S/C12H13FN4O/c13-8-3-4-10(15-7-8)12-16-11(18-17-12)6-9-2-1-5-14-9/h3-4,7,9,14H,1-2,5-6H2. The fourth-order valence-corrected chi connectivity index (χ4v) is 2.09. The molecule has 0 aromatic carbocycles.